The van der Waals surface area contributed by atoms with Gasteiger partial charge in [-0.15, -0.1) is 0 Å². The number of ether oxygens (including phenoxy) is 1. The van der Waals surface area contributed by atoms with E-state index in [2.05, 4.69) is 37.3 Å². The summed E-state index contributed by atoms with van der Waals surface area (Å²) in [6.07, 6.45) is 11.3. The van der Waals surface area contributed by atoms with Gasteiger partial charge in [0.2, 0.25) is 0 Å². The van der Waals surface area contributed by atoms with Crippen molar-refractivity contribution >= 4 is 22.7 Å². The molecule has 0 bridgehead atoms. The summed E-state index contributed by atoms with van der Waals surface area (Å²) in [5, 5.41) is 23.2. The fraction of sp³-hybridized carbons (Fsp3) is 0.469. The van der Waals surface area contributed by atoms with Crippen LogP contribution in [0.25, 0.3) is 16.8 Å². The number of aryl methyl sites for hydroxylation is 1. The number of aliphatic imine (C=N–C) groups is 1. The van der Waals surface area contributed by atoms with Gasteiger partial charge in [-0.25, -0.2) is 14.2 Å². The summed E-state index contributed by atoms with van der Waals surface area (Å²) in [5.41, 5.74) is 19.1. The SMILES string of the molecule is CCc1cc(O)ccc1N=C(N)c1cnn2cc(-c3ccnn3C3CCCCO3)cc2c1N[C@@H]1CC[C@](C)(N)C1(C)C. The number of nitrogens with one attached hydrogen (secondary N) is 1. The second-order valence-electron chi connectivity index (χ2n) is 12.5. The van der Waals surface area contributed by atoms with E-state index < -0.39 is 0 Å². The van der Waals surface area contributed by atoms with Crippen molar-refractivity contribution in [1.82, 2.24) is 19.4 Å². The van der Waals surface area contributed by atoms with Gasteiger partial charge in [-0.3, -0.25) is 0 Å². The van der Waals surface area contributed by atoms with E-state index >= 15 is 0 Å². The van der Waals surface area contributed by atoms with Crippen molar-refractivity contribution in [2.75, 3.05) is 11.9 Å². The Labute approximate surface area is 246 Å². The first kappa shape index (κ1) is 28.2. The normalized spacial score (nSPS) is 24.4. The second kappa shape index (κ2) is 10.7. The average Bonchev–Trinajstić information content (AvgIpc) is 3.68. The first-order valence-corrected chi connectivity index (χ1v) is 15.0. The van der Waals surface area contributed by atoms with Crippen molar-refractivity contribution in [3.63, 3.8) is 0 Å². The Morgan fingerprint density at radius 3 is 2.71 bits per heavy atom. The zero-order valence-corrected chi connectivity index (χ0v) is 25.0. The van der Waals surface area contributed by atoms with Gasteiger partial charge >= 0.3 is 0 Å². The van der Waals surface area contributed by atoms with Crippen LogP contribution in [0.2, 0.25) is 0 Å². The lowest BCUT2D eigenvalue weighted by molar-refractivity contribution is -0.0383. The van der Waals surface area contributed by atoms with Crippen molar-refractivity contribution in [3.05, 3.63) is 60.0 Å². The molecule has 10 nitrogen and oxygen atoms in total. The lowest BCUT2D eigenvalue weighted by atomic mass is 9.75. The Balaban J connectivity index is 1.47. The zero-order valence-electron chi connectivity index (χ0n) is 25.0. The monoisotopic (exact) mass is 570 g/mol. The van der Waals surface area contributed by atoms with Gasteiger partial charge < -0.3 is 26.6 Å². The highest BCUT2D eigenvalue weighted by Gasteiger charge is 2.49. The predicted molar refractivity (Wildman–Crippen MR) is 166 cm³/mol. The summed E-state index contributed by atoms with van der Waals surface area (Å²) < 4.78 is 9.92. The fourth-order valence-corrected chi connectivity index (χ4v) is 6.34. The summed E-state index contributed by atoms with van der Waals surface area (Å²) >= 11 is 0. The van der Waals surface area contributed by atoms with Gasteiger partial charge in [-0.05, 0) is 81.3 Å². The van der Waals surface area contributed by atoms with Crippen molar-refractivity contribution in [2.24, 2.45) is 21.9 Å². The standard InChI is InChI=1S/C32H42N8O2/c1-5-20-16-22(41)9-10-24(20)37-30(33)23-18-36-39-19-21(25-12-14-35-40(25)28-8-6-7-15-42-28)17-26(39)29(23)38-27-11-13-32(4,34)31(27,2)3/h9-10,12,14,16-19,27-28,38,41H,5-8,11,13,15,34H2,1-4H3,(H2,33,37)/t27-,28?,32+/m1/s1. The Hall–Kier alpha value is -3.89. The molecule has 6 rings (SSSR count). The molecule has 0 amide bonds. The number of phenolic OH excluding ortho intramolecular Hbond substituents is 1. The minimum Gasteiger partial charge on any atom is -0.508 e. The highest BCUT2D eigenvalue weighted by atomic mass is 16.5. The van der Waals surface area contributed by atoms with Crippen LogP contribution in [0.1, 0.15) is 77.2 Å². The van der Waals surface area contributed by atoms with E-state index in [-0.39, 0.29) is 29.0 Å². The summed E-state index contributed by atoms with van der Waals surface area (Å²) in [7, 11) is 0. The molecule has 222 valence electrons. The molecule has 0 radical (unpaired) electrons. The van der Waals surface area contributed by atoms with E-state index in [9.17, 15) is 5.11 Å². The number of benzene rings is 1. The molecule has 3 aromatic heterocycles. The van der Waals surface area contributed by atoms with Gasteiger partial charge in [0.15, 0.2) is 6.23 Å². The van der Waals surface area contributed by atoms with Gasteiger partial charge in [0.05, 0.1) is 34.3 Å². The molecule has 2 aliphatic rings. The maximum atomic E-state index is 9.99. The molecule has 4 aromatic rings. The minimum atomic E-state index is -0.310. The van der Waals surface area contributed by atoms with E-state index in [4.69, 9.17) is 26.3 Å². The van der Waals surface area contributed by atoms with Crippen LogP contribution < -0.4 is 16.8 Å². The van der Waals surface area contributed by atoms with E-state index in [0.29, 0.717) is 17.8 Å². The van der Waals surface area contributed by atoms with Crippen LogP contribution in [0, 0.1) is 5.41 Å². The largest absolute Gasteiger partial charge is 0.508 e. The molecule has 1 unspecified atom stereocenters. The minimum absolute atomic E-state index is 0.0738. The summed E-state index contributed by atoms with van der Waals surface area (Å²) in [5.74, 6) is 0.560. The number of hydrogen-bond donors (Lipinski definition) is 4. The van der Waals surface area contributed by atoms with Crippen LogP contribution in [-0.2, 0) is 11.2 Å². The molecular weight excluding hydrogens is 528 g/mol. The number of nitrogens with zero attached hydrogens (tertiary/aromatic N) is 5. The highest BCUT2D eigenvalue weighted by Crippen LogP contribution is 2.46. The van der Waals surface area contributed by atoms with Crippen LogP contribution in [0.15, 0.2) is 53.9 Å². The van der Waals surface area contributed by atoms with Gasteiger partial charge in [0.1, 0.15) is 11.6 Å². The quantitative estimate of drug-likeness (QED) is 0.169. The number of amidine groups is 1. The molecule has 4 heterocycles. The number of phenols is 1. The molecule has 2 fully saturated rings. The third-order valence-corrected chi connectivity index (χ3v) is 9.61. The first-order chi connectivity index (χ1) is 20.1. The number of nitrogens with two attached hydrogens (primary N) is 2. The van der Waals surface area contributed by atoms with Crippen molar-refractivity contribution in [2.45, 2.75) is 84.0 Å². The summed E-state index contributed by atoms with van der Waals surface area (Å²) in [6, 6.07) is 9.42. The number of rotatable bonds is 7. The fourth-order valence-electron chi connectivity index (χ4n) is 6.34. The zero-order chi connectivity index (χ0) is 29.6. The van der Waals surface area contributed by atoms with Crippen molar-refractivity contribution < 1.29 is 9.84 Å². The molecule has 10 heteroatoms. The molecule has 6 N–H and O–H groups in total. The molecule has 1 saturated heterocycles. The van der Waals surface area contributed by atoms with Gasteiger partial charge in [-0.2, -0.15) is 10.2 Å². The lowest BCUT2D eigenvalue weighted by Crippen LogP contribution is -2.51. The third kappa shape index (κ3) is 4.92. The molecule has 1 aromatic carbocycles. The molecule has 1 aliphatic carbocycles. The van der Waals surface area contributed by atoms with Crippen LogP contribution in [-0.4, -0.2) is 48.5 Å². The summed E-state index contributed by atoms with van der Waals surface area (Å²) in [4.78, 5) is 4.82. The average molecular weight is 571 g/mol. The predicted octanol–water partition coefficient (Wildman–Crippen LogP) is 5.52. The van der Waals surface area contributed by atoms with Crippen molar-refractivity contribution in [1.29, 1.82) is 0 Å². The topological polar surface area (TPSA) is 141 Å². The smallest absolute Gasteiger partial charge is 0.150 e. The summed E-state index contributed by atoms with van der Waals surface area (Å²) in [6.45, 7) is 9.36. The highest BCUT2D eigenvalue weighted by molar-refractivity contribution is 6.06. The molecular formula is C32H42N8O2. The maximum Gasteiger partial charge on any atom is 0.150 e. The van der Waals surface area contributed by atoms with E-state index in [0.717, 1.165) is 72.4 Å². The Morgan fingerprint density at radius 2 is 2.00 bits per heavy atom. The van der Waals surface area contributed by atoms with Crippen LogP contribution >= 0.6 is 0 Å². The number of hydrogen-bond acceptors (Lipinski definition) is 7. The Morgan fingerprint density at radius 1 is 1.17 bits per heavy atom. The molecule has 42 heavy (non-hydrogen) atoms. The number of anilines is 1. The van der Waals surface area contributed by atoms with Gasteiger partial charge in [0, 0.05) is 41.6 Å². The van der Waals surface area contributed by atoms with Gasteiger partial charge in [0.25, 0.3) is 0 Å². The number of aromatic nitrogens is 4. The first-order valence-electron chi connectivity index (χ1n) is 15.0. The molecule has 1 aliphatic heterocycles. The molecule has 3 atom stereocenters. The number of fused-ring (bicyclic) bond motifs is 1. The Bertz CT molecular complexity index is 1630. The van der Waals surface area contributed by atoms with E-state index in [1.54, 1.807) is 24.4 Å². The number of aromatic hydroxyl groups is 1. The molecule has 0 spiro atoms. The maximum absolute atomic E-state index is 9.99. The molecule has 1 saturated carbocycles. The van der Waals surface area contributed by atoms with E-state index in [1.165, 1.54) is 0 Å². The Kier molecular flexibility index (Phi) is 7.22. The van der Waals surface area contributed by atoms with Crippen LogP contribution in [0.4, 0.5) is 11.4 Å². The van der Waals surface area contributed by atoms with Crippen LogP contribution in [0.5, 0.6) is 5.75 Å². The third-order valence-electron chi connectivity index (χ3n) is 9.61. The van der Waals surface area contributed by atoms with Gasteiger partial charge in [-0.1, -0.05) is 20.8 Å². The van der Waals surface area contributed by atoms with Crippen LogP contribution in [0.3, 0.4) is 0 Å². The second-order valence-corrected chi connectivity index (χ2v) is 12.5. The lowest BCUT2D eigenvalue weighted by Gasteiger charge is -2.39. The van der Waals surface area contributed by atoms with E-state index in [1.807, 2.05) is 34.6 Å². The van der Waals surface area contributed by atoms with Crippen molar-refractivity contribution in [3.8, 4) is 17.0 Å².